The largest absolute Gasteiger partial charge is 0.418 e. The van der Waals surface area contributed by atoms with Gasteiger partial charge in [-0.1, -0.05) is 12.1 Å². The number of halogens is 3. The number of aromatic nitrogens is 3. The minimum Gasteiger partial charge on any atom is -0.324 e. The third-order valence-electron chi connectivity index (χ3n) is 2.18. The molecule has 0 spiro atoms. The van der Waals surface area contributed by atoms with Crippen LogP contribution in [0.5, 0.6) is 0 Å². The van der Waals surface area contributed by atoms with Crippen LogP contribution in [0.25, 0.3) is 5.69 Å². The van der Waals surface area contributed by atoms with Crippen molar-refractivity contribution in [3.8, 4) is 5.69 Å². The third-order valence-corrected chi connectivity index (χ3v) is 2.18. The fourth-order valence-corrected chi connectivity index (χ4v) is 1.42. The summed E-state index contributed by atoms with van der Waals surface area (Å²) in [5.41, 5.74) is 4.49. The zero-order valence-electron chi connectivity index (χ0n) is 8.65. The molecule has 1 heterocycles. The molecule has 4 nitrogen and oxygen atoms in total. The van der Waals surface area contributed by atoms with Crippen molar-refractivity contribution in [2.45, 2.75) is 12.7 Å². The van der Waals surface area contributed by atoms with Gasteiger partial charge in [0, 0.05) is 0 Å². The standard InChI is InChI=1S/C10H9F3N4/c11-10(12,13)7-3-1-2-4-8(7)17-6-15-9(5-14)16-17/h1-4,6H,5,14H2. The molecule has 1 aromatic carbocycles. The smallest absolute Gasteiger partial charge is 0.324 e. The number of rotatable bonds is 2. The maximum absolute atomic E-state index is 12.7. The predicted molar refractivity (Wildman–Crippen MR) is 54.3 cm³/mol. The monoisotopic (exact) mass is 242 g/mol. The Morgan fingerprint density at radius 3 is 2.53 bits per heavy atom. The van der Waals surface area contributed by atoms with E-state index in [4.69, 9.17) is 5.73 Å². The minimum atomic E-state index is -4.43. The first-order valence-electron chi connectivity index (χ1n) is 4.79. The predicted octanol–water partition coefficient (Wildman–Crippen LogP) is 1.74. The molecule has 0 atom stereocenters. The van der Waals surface area contributed by atoms with Crippen LogP contribution in [0.1, 0.15) is 11.4 Å². The molecule has 2 aromatic rings. The van der Waals surface area contributed by atoms with Gasteiger partial charge in [-0.3, -0.25) is 0 Å². The first-order chi connectivity index (χ1) is 8.02. The van der Waals surface area contributed by atoms with Gasteiger partial charge in [-0.2, -0.15) is 13.2 Å². The zero-order chi connectivity index (χ0) is 12.5. The Bertz CT molecular complexity index is 518. The lowest BCUT2D eigenvalue weighted by Gasteiger charge is -2.11. The van der Waals surface area contributed by atoms with E-state index in [1.54, 1.807) is 0 Å². The Kier molecular flexibility index (Phi) is 2.84. The Morgan fingerprint density at radius 1 is 1.24 bits per heavy atom. The Labute approximate surface area is 94.9 Å². The van der Waals surface area contributed by atoms with Crippen molar-refractivity contribution < 1.29 is 13.2 Å². The van der Waals surface area contributed by atoms with E-state index in [9.17, 15) is 13.2 Å². The van der Waals surface area contributed by atoms with Crippen LogP contribution in [-0.4, -0.2) is 14.8 Å². The van der Waals surface area contributed by atoms with Crippen LogP contribution in [0, 0.1) is 0 Å². The van der Waals surface area contributed by atoms with Crippen LogP contribution in [0.4, 0.5) is 13.2 Å². The van der Waals surface area contributed by atoms with Gasteiger partial charge < -0.3 is 5.73 Å². The van der Waals surface area contributed by atoms with Crippen LogP contribution < -0.4 is 5.73 Å². The number of para-hydroxylation sites is 1. The van der Waals surface area contributed by atoms with Gasteiger partial charge in [-0.05, 0) is 12.1 Å². The van der Waals surface area contributed by atoms with E-state index >= 15 is 0 Å². The summed E-state index contributed by atoms with van der Waals surface area (Å²) in [5.74, 6) is 0.293. The highest BCUT2D eigenvalue weighted by Crippen LogP contribution is 2.33. The second kappa shape index (κ2) is 4.17. The zero-order valence-corrected chi connectivity index (χ0v) is 8.65. The Morgan fingerprint density at radius 2 is 1.94 bits per heavy atom. The van der Waals surface area contributed by atoms with Crippen LogP contribution in [0.2, 0.25) is 0 Å². The van der Waals surface area contributed by atoms with Crippen molar-refractivity contribution in [1.82, 2.24) is 14.8 Å². The van der Waals surface area contributed by atoms with Crippen LogP contribution in [0.15, 0.2) is 30.6 Å². The molecule has 0 saturated heterocycles. The molecule has 0 aliphatic heterocycles. The fourth-order valence-electron chi connectivity index (χ4n) is 1.42. The second-order valence-electron chi connectivity index (χ2n) is 3.32. The molecule has 0 aliphatic rings. The lowest BCUT2D eigenvalue weighted by atomic mass is 10.2. The van der Waals surface area contributed by atoms with Gasteiger partial charge in [0.05, 0.1) is 17.8 Å². The van der Waals surface area contributed by atoms with E-state index in [0.717, 1.165) is 10.7 Å². The molecule has 17 heavy (non-hydrogen) atoms. The highest BCUT2D eigenvalue weighted by Gasteiger charge is 2.33. The number of hydrogen-bond acceptors (Lipinski definition) is 3. The lowest BCUT2D eigenvalue weighted by Crippen LogP contribution is -2.11. The molecular weight excluding hydrogens is 233 g/mol. The van der Waals surface area contributed by atoms with Crippen molar-refractivity contribution in [1.29, 1.82) is 0 Å². The summed E-state index contributed by atoms with van der Waals surface area (Å²) in [7, 11) is 0. The summed E-state index contributed by atoms with van der Waals surface area (Å²) in [6.45, 7) is 0.0845. The molecule has 1 aromatic heterocycles. The summed E-state index contributed by atoms with van der Waals surface area (Å²) >= 11 is 0. The molecule has 0 fully saturated rings. The summed E-state index contributed by atoms with van der Waals surface area (Å²) in [6.07, 6.45) is -3.21. The number of hydrogen-bond donors (Lipinski definition) is 1. The van der Waals surface area contributed by atoms with Gasteiger partial charge in [-0.25, -0.2) is 9.67 Å². The van der Waals surface area contributed by atoms with E-state index in [2.05, 4.69) is 10.1 Å². The van der Waals surface area contributed by atoms with Crippen molar-refractivity contribution in [2.24, 2.45) is 5.73 Å². The van der Waals surface area contributed by atoms with E-state index in [1.807, 2.05) is 0 Å². The second-order valence-corrected chi connectivity index (χ2v) is 3.32. The van der Waals surface area contributed by atoms with Crippen molar-refractivity contribution in [2.75, 3.05) is 0 Å². The summed E-state index contributed by atoms with van der Waals surface area (Å²) < 4.78 is 39.3. The maximum atomic E-state index is 12.7. The quantitative estimate of drug-likeness (QED) is 0.872. The van der Waals surface area contributed by atoms with Gasteiger partial charge in [0.2, 0.25) is 0 Å². The van der Waals surface area contributed by atoms with Gasteiger partial charge in [0.1, 0.15) is 6.33 Å². The molecule has 0 radical (unpaired) electrons. The molecule has 0 bridgehead atoms. The van der Waals surface area contributed by atoms with Gasteiger partial charge >= 0.3 is 6.18 Å². The molecule has 2 N–H and O–H groups in total. The highest BCUT2D eigenvalue weighted by molar-refractivity contribution is 5.41. The topological polar surface area (TPSA) is 56.7 Å². The molecular formula is C10H9F3N4. The lowest BCUT2D eigenvalue weighted by molar-refractivity contribution is -0.137. The van der Waals surface area contributed by atoms with Crippen molar-refractivity contribution in [3.63, 3.8) is 0 Å². The number of nitrogens with two attached hydrogens (primary N) is 1. The fraction of sp³-hybridized carbons (Fsp3) is 0.200. The SMILES string of the molecule is NCc1ncn(-c2ccccc2C(F)(F)F)n1. The van der Waals surface area contributed by atoms with Crippen LogP contribution in [-0.2, 0) is 12.7 Å². The number of benzene rings is 1. The average molecular weight is 242 g/mol. The normalized spacial score (nSPS) is 11.8. The summed E-state index contributed by atoms with van der Waals surface area (Å²) in [6, 6.07) is 5.17. The molecule has 90 valence electrons. The first-order valence-corrected chi connectivity index (χ1v) is 4.79. The van der Waals surface area contributed by atoms with Gasteiger partial charge in [0.25, 0.3) is 0 Å². The van der Waals surface area contributed by atoms with E-state index in [-0.39, 0.29) is 12.2 Å². The van der Waals surface area contributed by atoms with Gasteiger partial charge in [0.15, 0.2) is 5.82 Å². The molecule has 0 unspecified atom stereocenters. The van der Waals surface area contributed by atoms with Gasteiger partial charge in [-0.15, -0.1) is 5.10 Å². The summed E-state index contributed by atoms with van der Waals surface area (Å²) in [5, 5.41) is 3.85. The van der Waals surface area contributed by atoms with Crippen LogP contribution >= 0.6 is 0 Å². The van der Waals surface area contributed by atoms with Crippen LogP contribution in [0.3, 0.4) is 0 Å². The summed E-state index contributed by atoms with van der Waals surface area (Å²) in [4.78, 5) is 3.79. The minimum absolute atomic E-state index is 0.0628. The van der Waals surface area contributed by atoms with Crippen molar-refractivity contribution >= 4 is 0 Å². The third kappa shape index (κ3) is 2.28. The highest BCUT2D eigenvalue weighted by atomic mass is 19.4. The molecule has 2 rings (SSSR count). The maximum Gasteiger partial charge on any atom is 0.418 e. The average Bonchev–Trinajstić information content (AvgIpc) is 2.76. The molecule has 0 aliphatic carbocycles. The molecule has 0 amide bonds. The van der Waals surface area contributed by atoms with Crippen molar-refractivity contribution in [3.05, 3.63) is 42.0 Å². The Balaban J connectivity index is 2.52. The number of alkyl halides is 3. The first kappa shape index (κ1) is 11.6. The van der Waals surface area contributed by atoms with E-state index in [1.165, 1.54) is 24.5 Å². The molecule has 0 saturated carbocycles. The Hall–Kier alpha value is -1.89. The van der Waals surface area contributed by atoms with E-state index < -0.39 is 11.7 Å². The number of nitrogens with zero attached hydrogens (tertiary/aromatic N) is 3. The molecule has 7 heteroatoms. The van der Waals surface area contributed by atoms with E-state index in [0.29, 0.717) is 5.82 Å².